The molecule has 0 spiro atoms. The van der Waals surface area contributed by atoms with Crippen LogP contribution < -0.4 is 4.90 Å². The van der Waals surface area contributed by atoms with Crippen molar-refractivity contribution in [2.75, 3.05) is 11.4 Å². The van der Waals surface area contributed by atoms with E-state index in [0.717, 1.165) is 6.54 Å². The van der Waals surface area contributed by atoms with Crippen LogP contribution in [-0.4, -0.2) is 11.4 Å². The van der Waals surface area contributed by atoms with Gasteiger partial charge in [0, 0.05) is 12.2 Å². The van der Waals surface area contributed by atoms with Crippen LogP contribution in [0.25, 0.3) is 0 Å². The van der Waals surface area contributed by atoms with Gasteiger partial charge in [-0.3, -0.25) is 4.90 Å². The van der Waals surface area contributed by atoms with E-state index in [1.54, 1.807) is 0 Å². The lowest BCUT2D eigenvalue weighted by Gasteiger charge is -2.33. The summed E-state index contributed by atoms with van der Waals surface area (Å²) >= 11 is 0. The first kappa shape index (κ1) is 21.6. The third kappa shape index (κ3) is 4.70. The quantitative estimate of drug-likeness (QED) is 0.431. The van der Waals surface area contributed by atoms with E-state index < -0.39 is 0 Å². The van der Waals surface area contributed by atoms with E-state index in [0.29, 0.717) is 5.92 Å². The monoisotopic (exact) mass is 410 g/mol. The van der Waals surface area contributed by atoms with Crippen molar-refractivity contribution >= 4 is 5.69 Å². The topological polar surface area (TPSA) is 6.48 Å². The lowest BCUT2D eigenvalue weighted by molar-refractivity contribution is 0.196. The van der Waals surface area contributed by atoms with E-state index in [-0.39, 0.29) is 17.5 Å². The number of anilines is 1. The average molecular weight is 411 g/mol. The summed E-state index contributed by atoms with van der Waals surface area (Å²) in [6, 6.07) is 31.0. The largest absolute Gasteiger partial charge is 0.337 e. The first-order valence-corrected chi connectivity index (χ1v) is 11.4. The first-order chi connectivity index (χ1) is 14.8. The van der Waals surface area contributed by atoms with Gasteiger partial charge in [-0.15, -0.1) is 0 Å². The Morgan fingerprint density at radius 3 is 1.81 bits per heavy atom. The fourth-order valence-electron chi connectivity index (χ4n) is 4.61. The molecule has 1 aliphatic heterocycles. The van der Waals surface area contributed by atoms with Crippen LogP contribution in [0.4, 0.5) is 5.69 Å². The number of nitrogens with zero attached hydrogens (tertiary/aromatic N) is 2. The highest BCUT2D eigenvalue weighted by atomic mass is 15.4. The molecule has 2 radical (unpaired) electrons. The molecule has 3 aromatic carbocycles. The molecule has 0 aromatic heterocycles. The van der Waals surface area contributed by atoms with Crippen LogP contribution in [0.15, 0.2) is 84.9 Å². The molecule has 2 nitrogen and oxygen atoms in total. The van der Waals surface area contributed by atoms with Gasteiger partial charge in [0.2, 0.25) is 0 Å². The standard InChI is InChI=1S/C29H34N2/c1-22(2)25-18-12-13-19-26(25)31-21-30(20-29(3,4)5)27(23-14-8-6-9-15-23)28(31)24-16-10-7-11-17-24/h6-19,22,27-28H,20H2,1-5H3/t27-,28-/m1/s1. The highest BCUT2D eigenvalue weighted by Crippen LogP contribution is 2.50. The number of rotatable bonds is 5. The minimum Gasteiger partial charge on any atom is -0.337 e. The molecule has 0 unspecified atom stereocenters. The number of hydrogen-bond acceptors (Lipinski definition) is 2. The smallest absolute Gasteiger partial charge is 0.178 e. The molecule has 0 amide bonds. The normalized spacial score (nSPS) is 19.9. The van der Waals surface area contributed by atoms with Crippen LogP contribution in [0.2, 0.25) is 0 Å². The second-order valence-electron chi connectivity index (χ2n) is 10.1. The zero-order valence-corrected chi connectivity index (χ0v) is 19.4. The number of benzene rings is 3. The fourth-order valence-corrected chi connectivity index (χ4v) is 4.61. The number of hydrogen-bond donors (Lipinski definition) is 0. The van der Waals surface area contributed by atoms with Crippen molar-refractivity contribution in [3.05, 3.63) is 108 Å². The molecule has 0 N–H and O–H groups in total. The Balaban J connectivity index is 1.88. The van der Waals surface area contributed by atoms with Crippen molar-refractivity contribution in [2.45, 2.75) is 52.6 Å². The summed E-state index contributed by atoms with van der Waals surface area (Å²) in [4.78, 5) is 4.83. The Hall–Kier alpha value is -2.58. The Bertz CT molecular complexity index is 972. The molecule has 1 fully saturated rings. The minimum atomic E-state index is 0.158. The van der Waals surface area contributed by atoms with Gasteiger partial charge >= 0.3 is 0 Å². The van der Waals surface area contributed by atoms with E-state index in [4.69, 9.17) is 0 Å². The first-order valence-electron chi connectivity index (χ1n) is 11.4. The van der Waals surface area contributed by atoms with Gasteiger partial charge in [0.1, 0.15) is 0 Å². The van der Waals surface area contributed by atoms with Crippen molar-refractivity contribution in [2.24, 2.45) is 5.41 Å². The maximum Gasteiger partial charge on any atom is 0.178 e. The Morgan fingerprint density at radius 1 is 0.742 bits per heavy atom. The summed E-state index contributed by atoms with van der Waals surface area (Å²) in [7, 11) is 0. The van der Waals surface area contributed by atoms with Gasteiger partial charge in [-0.1, -0.05) is 113 Å². The van der Waals surface area contributed by atoms with Gasteiger partial charge in [-0.05, 0) is 34.1 Å². The molecule has 3 aromatic rings. The third-order valence-electron chi connectivity index (χ3n) is 5.89. The van der Waals surface area contributed by atoms with Crippen molar-refractivity contribution in [1.29, 1.82) is 0 Å². The van der Waals surface area contributed by atoms with Crippen LogP contribution in [-0.2, 0) is 0 Å². The second-order valence-corrected chi connectivity index (χ2v) is 10.1. The fraction of sp³-hybridized carbons (Fsp3) is 0.345. The Morgan fingerprint density at radius 2 is 1.26 bits per heavy atom. The van der Waals surface area contributed by atoms with Gasteiger partial charge in [-0.25, -0.2) is 0 Å². The second kappa shape index (κ2) is 8.88. The summed E-state index contributed by atoms with van der Waals surface area (Å²) in [5.41, 5.74) is 5.43. The lowest BCUT2D eigenvalue weighted by Crippen LogP contribution is -2.31. The number of para-hydroxylation sites is 1. The van der Waals surface area contributed by atoms with Crippen LogP contribution >= 0.6 is 0 Å². The maximum atomic E-state index is 3.82. The Labute approximate surface area is 188 Å². The molecule has 31 heavy (non-hydrogen) atoms. The summed E-state index contributed by atoms with van der Waals surface area (Å²) in [5.74, 6) is 0.446. The zero-order chi connectivity index (χ0) is 22.0. The molecule has 0 aliphatic carbocycles. The maximum absolute atomic E-state index is 3.82. The molecule has 1 heterocycles. The highest BCUT2D eigenvalue weighted by molar-refractivity contribution is 5.60. The molecular formula is C29H34N2. The predicted octanol–water partition coefficient (Wildman–Crippen LogP) is 7.46. The minimum absolute atomic E-state index is 0.158. The molecule has 4 rings (SSSR count). The Kier molecular flexibility index (Phi) is 6.20. The summed E-state index contributed by atoms with van der Waals surface area (Å²) in [6.07, 6.45) is 0. The molecule has 1 saturated heterocycles. The third-order valence-corrected chi connectivity index (χ3v) is 5.89. The van der Waals surface area contributed by atoms with Crippen molar-refractivity contribution in [1.82, 2.24) is 4.90 Å². The molecular weight excluding hydrogens is 376 g/mol. The zero-order valence-electron chi connectivity index (χ0n) is 19.4. The van der Waals surface area contributed by atoms with Gasteiger partial charge in [0.15, 0.2) is 6.67 Å². The van der Waals surface area contributed by atoms with Crippen LogP contribution in [0.5, 0.6) is 0 Å². The van der Waals surface area contributed by atoms with Gasteiger partial charge < -0.3 is 4.90 Å². The van der Waals surface area contributed by atoms with Crippen LogP contribution in [0, 0.1) is 12.1 Å². The molecule has 160 valence electrons. The molecule has 0 bridgehead atoms. The summed E-state index contributed by atoms with van der Waals surface area (Å²) < 4.78 is 0. The van der Waals surface area contributed by atoms with Gasteiger partial charge in [0.05, 0.1) is 12.1 Å². The molecule has 2 atom stereocenters. The van der Waals surface area contributed by atoms with Gasteiger partial charge in [-0.2, -0.15) is 0 Å². The van der Waals surface area contributed by atoms with Crippen molar-refractivity contribution < 1.29 is 0 Å². The lowest BCUT2D eigenvalue weighted by atomic mass is 9.90. The average Bonchev–Trinajstić information content (AvgIpc) is 3.12. The van der Waals surface area contributed by atoms with Crippen LogP contribution in [0.1, 0.15) is 69.3 Å². The van der Waals surface area contributed by atoms with Crippen molar-refractivity contribution in [3.63, 3.8) is 0 Å². The van der Waals surface area contributed by atoms with E-state index in [2.05, 4.69) is 136 Å². The van der Waals surface area contributed by atoms with E-state index in [9.17, 15) is 0 Å². The van der Waals surface area contributed by atoms with Gasteiger partial charge in [0.25, 0.3) is 0 Å². The summed E-state index contributed by atoms with van der Waals surface area (Å²) in [5, 5.41) is 0. The van der Waals surface area contributed by atoms with Crippen LogP contribution in [0.3, 0.4) is 0 Å². The predicted molar refractivity (Wildman–Crippen MR) is 131 cm³/mol. The van der Waals surface area contributed by atoms with Crippen molar-refractivity contribution in [3.8, 4) is 0 Å². The summed E-state index contributed by atoms with van der Waals surface area (Å²) in [6.45, 7) is 16.2. The molecule has 1 aliphatic rings. The van der Waals surface area contributed by atoms with E-state index >= 15 is 0 Å². The van der Waals surface area contributed by atoms with E-state index in [1.165, 1.54) is 22.4 Å². The highest BCUT2D eigenvalue weighted by Gasteiger charge is 2.44. The van der Waals surface area contributed by atoms with E-state index in [1.807, 2.05) is 0 Å². The molecule has 2 heteroatoms. The SMILES string of the molecule is CC(C)c1ccccc1N1[C]N(CC(C)(C)C)[C@H](c2ccccc2)[C@H]1c1ccccc1. The molecule has 0 saturated carbocycles.